The van der Waals surface area contributed by atoms with Crippen LogP contribution in [0.15, 0.2) is 12.1 Å². The van der Waals surface area contributed by atoms with Gasteiger partial charge in [0.1, 0.15) is 11.6 Å². The molecule has 1 N–H and O–H groups in total. The third kappa shape index (κ3) is 1.21. The molecule has 1 aromatic carbocycles. The number of aromatic hydroxyl groups is 1. The van der Waals surface area contributed by atoms with Crippen molar-refractivity contribution in [3.8, 4) is 5.75 Å². The van der Waals surface area contributed by atoms with Crippen LogP contribution in [0.1, 0.15) is 5.56 Å². The van der Waals surface area contributed by atoms with Crippen LogP contribution in [0.2, 0.25) is 5.02 Å². The fourth-order valence-corrected chi connectivity index (χ4v) is 0.845. The van der Waals surface area contributed by atoms with Crippen molar-refractivity contribution in [2.45, 2.75) is 0 Å². The maximum atomic E-state index is 12.4. The zero-order valence-corrected chi connectivity index (χ0v) is 5.82. The number of hydrogen-bond acceptors (Lipinski definition) is 1. The monoisotopic (exact) mass is 159 g/mol. The normalized spacial score (nSPS) is 9.90. The highest BCUT2D eigenvalue weighted by Crippen LogP contribution is 2.27. The van der Waals surface area contributed by atoms with E-state index in [0.717, 1.165) is 12.1 Å². The van der Waals surface area contributed by atoms with E-state index < -0.39 is 5.82 Å². The molecule has 0 aliphatic rings. The molecule has 1 aromatic rings. The molecule has 0 spiro atoms. The smallest absolute Gasteiger partial charge is 0.137 e. The summed E-state index contributed by atoms with van der Waals surface area (Å²) in [5, 5.41) is 8.96. The Morgan fingerprint density at radius 1 is 1.50 bits per heavy atom. The Bertz CT molecular complexity index is 237. The van der Waals surface area contributed by atoms with Gasteiger partial charge < -0.3 is 5.11 Å². The fourth-order valence-electron chi connectivity index (χ4n) is 0.619. The van der Waals surface area contributed by atoms with Crippen molar-refractivity contribution in [2.75, 3.05) is 0 Å². The van der Waals surface area contributed by atoms with Gasteiger partial charge in [0.2, 0.25) is 0 Å². The second kappa shape index (κ2) is 2.46. The minimum absolute atomic E-state index is 0.00926. The summed E-state index contributed by atoms with van der Waals surface area (Å²) in [5.41, 5.74) is 0.199. The molecule has 1 radical (unpaired) electrons. The zero-order valence-electron chi connectivity index (χ0n) is 5.06. The Morgan fingerprint density at radius 3 is 2.60 bits per heavy atom. The topological polar surface area (TPSA) is 20.2 Å². The van der Waals surface area contributed by atoms with E-state index in [1.165, 1.54) is 0 Å². The molecule has 1 nitrogen and oxygen atoms in total. The molecule has 1 rings (SSSR count). The van der Waals surface area contributed by atoms with Crippen LogP contribution in [0, 0.1) is 12.7 Å². The van der Waals surface area contributed by atoms with Crippen LogP contribution in [0.4, 0.5) is 4.39 Å². The van der Waals surface area contributed by atoms with Crippen LogP contribution < -0.4 is 0 Å². The summed E-state index contributed by atoms with van der Waals surface area (Å²) in [7, 11) is 0. The van der Waals surface area contributed by atoms with Crippen molar-refractivity contribution < 1.29 is 9.50 Å². The molecule has 0 saturated carbocycles. The van der Waals surface area contributed by atoms with Gasteiger partial charge in [-0.25, -0.2) is 4.39 Å². The Balaban J connectivity index is 3.31. The van der Waals surface area contributed by atoms with Gasteiger partial charge in [0.05, 0.1) is 5.02 Å². The number of benzene rings is 1. The molecular formula is C7H5ClFO. The van der Waals surface area contributed by atoms with Gasteiger partial charge in [0.25, 0.3) is 0 Å². The highest BCUT2D eigenvalue weighted by Gasteiger charge is 2.03. The van der Waals surface area contributed by atoms with Crippen molar-refractivity contribution in [3.05, 3.63) is 35.5 Å². The summed E-state index contributed by atoms with van der Waals surface area (Å²) in [6.07, 6.45) is 0. The summed E-state index contributed by atoms with van der Waals surface area (Å²) in [4.78, 5) is 0. The summed E-state index contributed by atoms with van der Waals surface area (Å²) in [5.74, 6) is -0.657. The van der Waals surface area contributed by atoms with Crippen molar-refractivity contribution in [1.29, 1.82) is 0 Å². The summed E-state index contributed by atoms with van der Waals surface area (Å²) < 4.78 is 12.4. The van der Waals surface area contributed by atoms with Gasteiger partial charge >= 0.3 is 0 Å². The largest absolute Gasteiger partial charge is 0.506 e. The van der Waals surface area contributed by atoms with Crippen LogP contribution in [-0.4, -0.2) is 5.11 Å². The number of hydrogen-bond donors (Lipinski definition) is 1. The first-order chi connectivity index (χ1) is 4.61. The molecule has 0 unspecified atom stereocenters. The highest BCUT2D eigenvalue weighted by molar-refractivity contribution is 6.32. The lowest BCUT2D eigenvalue weighted by molar-refractivity contribution is 0.471. The second-order valence-corrected chi connectivity index (χ2v) is 2.30. The first-order valence-corrected chi connectivity index (χ1v) is 2.99. The van der Waals surface area contributed by atoms with E-state index in [0.29, 0.717) is 0 Å². The average Bonchev–Trinajstić information content (AvgIpc) is 1.82. The number of halogens is 2. The van der Waals surface area contributed by atoms with E-state index in [4.69, 9.17) is 16.7 Å². The van der Waals surface area contributed by atoms with E-state index >= 15 is 0 Å². The molecule has 10 heavy (non-hydrogen) atoms. The molecule has 0 amide bonds. The van der Waals surface area contributed by atoms with Gasteiger partial charge in [-0.1, -0.05) is 11.6 Å². The molecule has 3 heteroatoms. The lowest BCUT2D eigenvalue weighted by Gasteiger charge is -1.99. The quantitative estimate of drug-likeness (QED) is 0.616. The minimum Gasteiger partial charge on any atom is -0.506 e. The van der Waals surface area contributed by atoms with Crippen LogP contribution in [0.25, 0.3) is 0 Å². The van der Waals surface area contributed by atoms with Crippen molar-refractivity contribution in [2.24, 2.45) is 0 Å². The number of rotatable bonds is 0. The summed E-state index contributed by atoms with van der Waals surface area (Å²) in [6.45, 7) is 3.37. The van der Waals surface area contributed by atoms with Gasteiger partial charge in [0, 0.05) is 0 Å². The maximum absolute atomic E-state index is 12.4. The molecule has 0 heterocycles. The average molecular weight is 160 g/mol. The molecule has 0 aliphatic heterocycles. The molecular weight excluding hydrogens is 155 g/mol. The Labute approximate surface area is 63.1 Å². The lowest BCUT2D eigenvalue weighted by atomic mass is 10.2. The van der Waals surface area contributed by atoms with E-state index in [2.05, 4.69) is 6.92 Å². The van der Waals surface area contributed by atoms with E-state index in [1.54, 1.807) is 0 Å². The van der Waals surface area contributed by atoms with Crippen LogP contribution in [0.3, 0.4) is 0 Å². The molecule has 0 fully saturated rings. The maximum Gasteiger partial charge on any atom is 0.137 e. The SMILES string of the molecule is [CH2]c1cc(F)cc(Cl)c1O. The Morgan fingerprint density at radius 2 is 2.10 bits per heavy atom. The zero-order chi connectivity index (χ0) is 7.72. The molecule has 0 bridgehead atoms. The second-order valence-electron chi connectivity index (χ2n) is 1.90. The van der Waals surface area contributed by atoms with Gasteiger partial charge in [0.15, 0.2) is 0 Å². The first-order valence-electron chi connectivity index (χ1n) is 2.61. The fraction of sp³-hybridized carbons (Fsp3) is 0. The predicted octanol–water partition coefficient (Wildman–Crippen LogP) is 2.37. The Kier molecular flexibility index (Phi) is 1.81. The van der Waals surface area contributed by atoms with E-state index in [1.807, 2.05) is 0 Å². The van der Waals surface area contributed by atoms with Gasteiger partial charge in [-0.05, 0) is 24.6 Å². The molecule has 0 aromatic heterocycles. The number of phenols is 1. The predicted molar refractivity (Wildman–Crippen MR) is 37.5 cm³/mol. The van der Waals surface area contributed by atoms with Crippen LogP contribution >= 0.6 is 11.6 Å². The molecule has 53 valence electrons. The number of phenolic OH excluding ortho intramolecular Hbond substituents is 1. The van der Waals surface area contributed by atoms with E-state index in [9.17, 15) is 4.39 Å². The van der Waals surface area contributed by atoms with Crippen molar-refractivity contribution in [3.63, 3.8) is 0 Å². The third-order valence-corrected chi connectivity index (χ3v) is 1.40. The molecule has 0 atom stereocenters. The minimum atomic E-state index is -0.493. The summed E-state index contributed by atoms with van der Waals surface area (Å²) in [6, 6.07) is 2.15. The molecule has 0 aliphatic carbocycles. The van der Waals surface area contributed by atoms with Crippen LogP contribution in [-0.2, 0) is 0 Å². The first kappa shape index (κ1) is 7.35. The molecule has 0 saturated heterocycles. The Hall–Kier alpha value is -0.760. The van der Waals surface area contributed by atoms with Crippen molar-refractivity contribution >= 4 is 11.6 Å². The van der Waals surface area contributed by atoms with Crippen molar-refractivity contribution in [1.82, 2.24) is 0 Å². The van der Waals surface area contributed by atoms with Crippen LogP contribution in [0.5, 0.6) is 5.75 Å². The summed E-state index contributed by atoms with van der Waals surface area (Å²) >= 11 is 5.39. The van der Waals surface area contributed by atoms with Gasteiger partial charge in [-0.2, -0.15) is 0 Å². The standard InChI is InChI=1S/C7H5ClFO/c1-4-2-5(9)3-6(8)7(4)10/h2-3,10H,1H2. The van der Waals surface area contributed by atoms with Gasteiger partial charge in [-0.3, -0.25) is 0 Å². The van der Waals surface area contributed by atoms with Gasteiger partial charge in [-0.15, -0.1) is 0 Å². The third-order valence-electron chi connectivity index (χ3n) is 1.11. The lowest BCUT2D eigenvalue weighted by Crippen LogP contribution is -1.79. The highest BCUT2D eigenvalue weighted by atomic mass is 35.5. The van der Waals surface area contributed by atoms with E-state index in [-0.39, 0.29) is 16.3 Å².